The highest BCUT2D eigenvalue weighted by Crippen LogP contribution is 2.15. The van der Waals surface area contributed by atoms with Gasteiger partial charge < -0.3 is 10.6 Å². The van der Waals surface area contributed by atoms with Crippen LogP contribution in [0.5, 0.6) is 0 Å². The summed E-state index contributed by atoms with van der Waals surface area (Å²) < 4.78 is 13.5. The van der Waals surface area contributed by atoms with Crippen molar-refractivity contribution in [2.45, 2.75) is 26.2 Å². The third kappa shape index (κ3) is 4.55. The van der Waals surface area contributed by atoms with E-state index < -0.39 is 5.82 Å². The molecule has 0 aliphatic carbocycles. The number of para-hydroxylation sites is 1. The van der Waals surface area contributed by atoms with Crippen molar-refractivity contribution < 1.29 is 9.18 Å². The van der Waals surface area contributed by atoms with Crippen LogP contribution in [0.3, 0.4) is 0 Å². The van der Waals surface area contributed by atoms with Crippen LogP contribution in [0.25, 0.3) is 0 Å². The number of halogens is 1. The topological polar surface area (TPSA) is 54.0 Å². The largest absolute Gasteiger partial charge is 0.370 e. The molecular weight excluding hydrogens is 281 g/mol. The molecule has 0 bridgehead atoms. The number of nitrogens with zero attached hydrogens (tertiary/aromatic N) is 1. The zero-order valence-electron chi connectivity index (χ0n) is 12.6. The Bertz CT molecular complexity index is 631. The summed E-state index contributed by atoms with van der Waals surface area (Å²) >= 11 is 0. The fourth-order valence-electron chi connectivity index (χ4n) is 2.02. The predicted molar refractivity (Wildman–Crippen MR) is 86.6 cm³/mol. The maximum absolute atomic E-state index is 13.5. The Morgan fingerprint density at radius 1 is 1.23 bits per heavy atom. The van der Waals surface area contributed by atoms with E-state index in [0.717, 1.165) is 25.8 Å². The van der Waals surface area contributed by atoms with Crippen molar-refractivity contribution in [2.75, 3.05) is 17.2 Å². The average Bonchev–Trinajstić information content (AvgIpc) is 2.54. The first-order valence-electron chi connectivity index (χ1n) is 7.46. The zero-order chi connectivity index (χ0) is 15.8. The number of anilines is 2. The SMILES string of the molecule is CCCCCNc1cc(C(=O)Nc2ccccc2F)ccn1. The second-order valence-electron chi connectivity index (χ2n) is 5.00. The molecule has 0 saturated heterocycles. The van der Waals surface area contributed by atoms with Gasteiger partial charge >= 0.3 is 0 Å². The maximum Gasteiger partial charge on any atom is 0.255 e. The molecule has 2 aromatic rings. The van der Waals surface area contributed by atoms with Crippen molar-refractivity contribution in [2.24, 2.45) is 0 Å². The summed E-state index contributed by atoms with van der Waals surface area (Å²) in [5.74, 6) is -0.163. The van der Waals surface area contributed by atoms with E-state index in [1.807, 2.05) is 0 Å². The van der Waals surface area contributed by atoms with E-state index in [4.69, 9.17) is 0 Å². The van der Waals surface area contributed by atoms with E-state index in [2.05, 4.69) is 22.5 Å². The van der Waals surface area contributed by atoms with Crippen molar-refractivity contribution in [1.29, 1.82) is 0 Å². The first-order chi connectivity index (χ1) is 10.7. The highest BCUT2D eigenvalue weighted by molar-refractivity contribution is 6.04. The smallest absolute Gasteiger partial charge is 0.255 e. The Balaban J connectivity index is 1.99. The van der Waals surface area contributed by atoms with Gasteiger partial charge in [-0.15, -0.1) is 0 Å². The number of benzene rings is 1. The minimum atomic E-state index is -0.456. The number of aromatic nitrogens is 1. The van der Waals surface area contributed by atoms with Gasteiger partial charge in [-0.1, -0.05) is 31.9 Å². The van der Waals surface area contributed by atoms with Gasteiger partial charge in [0.25, 0.3) is 5.91 Å². The van der Waals surface area contributed by atoms with E-state index in [0.29, 0.717) is 11.4 Å². The summed E-state index contributed by atoms with van der Waals surface area (Å²) in [5.41, 5.74) is 0.609. The average molecular weight is 301 g/mol. The number of amides is 1. The summed E-state index contributed by atoms with van der Waals surface area (Å²) in [6, 6.07) is 9.36. The predicted octanol–water partition coefficient (Wildman–Crippen LogP) is 4.08. The molecule has 1 aromatic carbocycles. The van der Waals surface area contributed by atoms with Crippen LogP contribution >= 0.6 is 0 Å². The van der Waals surface area contributed by atoms with Crippen molar-refractivity contribution in [3.63, 3.8) is 0 Å². The Morgan fingerprint density at radius 2 is 2.05 bits per heavy atom. The zero-order valence-corrected chi connectivity index (χ0v) is 12.6. The van der Waals surface area contributed by atoms with Crippen molar-refractivity contribution in [3.8, 4) is 0 Å². The van der Waals surface area contributed by atoms with E-state index in [1.54, 1.807) is 30.5 Å². The highest BCUT2D eigenvalue weighted by Gasteiger charge is 2.09. The molecule has 1 heterocycles. The molecule has 0 unspecified atom stereocenters. The highest BCUT2D eigenvalue weighted by atomic mass is 19.1. The Hall–Kier alpha value is -2.43. The third-order valence-electron chi connectivity index (χ3n) is 3.23. The number of hydrogen-bond acceptors (Lipinski definition) is 3. The summed E-state index contributed by atoms with van der Waals surface area (Å²) in [7, 11) is 0. The van der Waals surface area contributed by atoms with Crippen LogP contribution in [-0.2, 0) is 0 Å². The van der Waals surface area contributed by atoms with Gasteiger partial charge in [-0.2, -0.15) is 0 Å². The molecular formula is C17H20FN3O. The van der Waals surface area contributed by atoms with Crippen LogP contribution in [0, 0.1) is 5.82 Å². The molecule has 0 spiro atoms. The van der Waals surface area contributed by atoms with Gasteiger partial charge in [-0.3, -0.25) is 4.79 Å². The molecule has 4 nitrogen and oxygen atoms in total. The molecule has 22 heavy (non-hydrogen) atoms. The lowest BCUT2D eigenvalue weighted by Gasteiger charge is -2.08. The molecule has 116 valence electrons. The molecule has 0 aliphatic rings. The van der Waals surface area contributed by atoms with Crippen LogP contribution in [0.4, 0.5) is 15.9 Å². The number of nitrogens with one attached hydrogen (secondary N) is 2. The quantitative estimate of drug-likeness (QED) is 0.758. The van der Waals surface area contributed by atoms with E-state index >= 15 is 0 Å². The van der Waals surface area contributed by atoms with Crippen LogP contribution in [-0.4, -0.2) is 17.4 Å². The molecule has 2 rings (SSSR count). The van der Waals surface area contributed by atoms with Crippen LogP contribution in [0.15, 0.2) is 42.6 Å². The number of pyridine rings is 1. The summed E-state index contributed by atoms with van der Waals surface area (Å²) in [4.78, 5) is 16.3. The van der Waals surface area contributed by atoms with Gasteiger partial charge in [0.1, 0.15) is 11.6 Å². The fraction of sp³-hybridized carbons (Fsp3) is 0.294. The monoisotopic (exact) mass is 301 g/mol. The lowest BCUT2D eigenvalue weighted by atomic mass is 10.2. The first-order valence-corrected chi connectivity index (χ1v) is 7.46. The van der Waals surface area contributed by atoms with Gasteiger partial charge in [0.2, 0.25) is 0 Å². The lowest BCUT2D eigenvalue weighted by Crippen LogP contribution is -2.14. The summed E-state index contributed by atoms with van der Waals surface area (Å²) in [6.45, 7) is 2.96. The number of carbonyl (C=O) groups excluding carboxylic acids is 1. The maximum atomic E-state index is 13.5. The normalized spacial score (nSPS) is 10.3. The van der Waals surface area contributed by atoms with Crippen LogP contribution in [0.2, 0.25) is 0 Å². The number of rotatable bonds is 7. The fourth-order valence-corrected chi connectivity index (χ4v) is 2.02. The van der Waals surface area contributed by atoms with Crippen molar-refractivity contribution in [1.82, 2.24) is 4.98 Å². The first kappa shape index (κ1) is 15.9. The van der Waals surface area contributed by atoms with Gasteiger partial charge in [0.05, 0.1) is 5.69 Å². The molecule has 0 atom stereocenters. The standard InChI is InChI=1S/C17H20FN3O/c1-2-3-6-10-19-16-12-13(9-11-20-16)17(22)21-15-8-5-4-7-14(15)18/h4-5,7-9,11-12H,2-3,6,10H2,1H3,(H,19,20)(H,21,22). The third-order valence-corrected chi connectivity index (χ3v) is 3.23. The Morgan fingerprint density at radius 3 is 2.82 bits per heavy atom. The number of unbranched alkanes of at least 4 members (excludes halogenated alkanes) is 2. The van der Waals surface area contributed by atoms with E-state index in [-0.39, 0.29) is 11.6 Å². The van der Waals surface area contributed by atoms with Gasteiger partial charge in [-0.25, -0.2) is 9.37 Å². The number of carbonyl (C=O) groups is 1. The van der Waals surface area contributed by atoms with Crippen molar-refractivity contribution in [3.05, 3.63) is 54.0 Å². The molecule has 1 amide bonds. The molecule has 0 fully saturated rings. The minimum absolute atomic E-state index is 0.168. The van der Waals surface area contributed by atoms with Crippen molar-refractivity contribution >= 4 is 17.4 Å². The lowest BCUT2D eigenvalue weighted by molar-refractivity contribution is 0.102. The Labute approximate surface area is 129 Å². The van der Waals surface area contributed by atoms with E-state index in [9.17, 15) is 9.18 Å². The Kier molecular flexibility index (Phi) is 5.89. The molecule has 2 N–H and O–H groups in total. The van der Waals surface area contributed by atoms with E-state index in [1.165, 1.54) is 12.1 Å². The second-order valence-corrected chi connectivity index (χ2v) is 5.00. The summed E-state index contributed by atoms with van der Waals surface area (Å²) in [5, 5.41) is 5.75. The van der Waals surface area contributed by atoms with Crippen LogP contribution < -0.4 is 10.6 Å². The second kappa shape index (κ2) is 8.12. The molecule has 0 radical (unpaired) electrons. The van der Waals surface area contributed by atoms with Crippen LogP contribution in [0.1, 0.15) is 36.5 Å². The van der Waals surface area contributed by atoms with Gasteiger partial charge in [0.15, 0.2) is 0 Å². The molecule has 1 aromatic heterocycles. The number of hydrogen-bond donors (Lipinski definition) is 2. The van der Waals surface area contributed by atoms with Gasteiger partial charge in [-0.05, 0) is 30.7 Å². The minimum Gasteiger partial charge on any atom is -0.370 e. The molecule has 0 aliphatic heterocycles. The molecule has 5 heteroatoms. The van der Waals surface area contributed by atoms with Gasteiger partial charge in [0, 0.05) is 18.3 Å². The summed E-state index contributed by atoms with van der Waals surface area (Å²) in [6.07, 6.45) is 4.93. The molecule has 0 saturated carbocycles.